The van der Waals surface area contributed by atoms with Crippen LogP contribution in [0, 0.1) is 12.8 Å². The van der Waals surface area contributed by atoms with Gasteiger partial charge in [0.15, 0.2) is 0 Å². The summed E-state index contributed by atoms with van der Waals surface area (Å²) in [6, 6.07) is 5.31. The zero-order valence-electron chi connectivity index (χ0n) is 16.4. The van der Waals surface area contributed by atoms with E-state index in [1.165, 1.54) is 23.9 Å². The molecule has 28 heavy (non-hydrogen) atoms. The summed E-state index contributed by atoms with van der Waals surface area (Å²) in [5.41, 5.74) is 2.19. The highest BCUT2D eigenvalue weighted by Crippen LogP contribution is 2.18. The highest BCUT2D eigenvalue weighted by Gasteiger charge is 2.17. The molecule has 1 aromatic heterocycles. The Labute approximate surface area is 164 Å². The van der Waals surface area contributed by atoms with Crippen molar-refractivity contribution in [2.75, 3.05) is 31.5 Å². The van der Waals surface area contributed by atoms with Crippen molar-refractivity contribution in [3.8, 4) is 5.69 Å². The van der Waals surface area contributed by atoms with Crippen LogP contribution in [0.4, 0.5) is 5.69 Å². The van der Waals surface area contributed by atoms with Gasteiger partial charge >= 0.3 is 11.8 Å². The van der Waals surface area contributed by atoms with E-state index < -0.39 is 11.8 Å². The molecule has 9 heteroatoms. The molecule has 2 heterocycles. The molecule has 1 atom stereocenters. The highest BCUT2D eigenvalue weighted by molar-refractivity contribution is 6.39. The summed E-state index contributed by atoms with van der Waals surface area (Å²) in [7, 11) is 0. The minimum Gasteiger partial charge on any atom is -0.348 e. The van der Waals surface area contributed by atoms with Crippen LogP contribution < -0.4 is 10.6 Å². The summed E-state index contributed by atoms with van der Waals surface area (Å²) in [5.74, 6) is -0.573. The molecule has 1 saturated heterocycles. The summed E-state index contributed by atoms with van der Waals surface area (Å²) >= 11 is 0. The van der Waals surface area contributed by atoms with E-state index in [0.29, 0.717) is 12.2 Å². The Morgan fingerprint density at radius 2 is 2.14 bits per heavy atom. The number of piperidine rings is 1. The van der Waals surface area contributed by atoms with Crippen molar-refractivity contribution in [1.29, 1.82) is 0 Å². The number of rotatable bonds is 6. The zero-order valence-corrected chi connectivity index (χ0v) is 16.4. The van der Waals surface area contributed by atoms with Crippen molar-refractivity contribution < 1.29 is 9.59 Å². The largest absolute Gasteiger partial charge is 0.348 e. The number of likely N-dealkylation sites (tertiary alicyclic amines) is 1. The van der Waals surface area contributed by atoms with Crippen LogP contribution in [0.25, 0.3) is 5.69 Å². The van der Waals surface area contributed by atoms with Gasteiger partial charge in [0.05, 0.1) is 5.69 Å². The van der Waals surface area contributed by atoms with Crippen molar-refractivity contribution in [2.24, 2.45) is 5.92 Å². The quantitative estimate of drug-likeness (QED) is 0.571. The van der Waals surface area contributed by atoms with Gasteiger partial charge in [0.1, 0.15) is 6.33 Å². The van der Waals surface area contributed by atoms with Crippen LogP contribution >= 0.6 is 0 Å². The Morgan fingerprint density at radius 1 is 1.29 bits per heavy atom. The van der Waals surface area contributed by atoms with E-state index in [2.05, 4.69) is 38.0 Å². The van der Waals surface area contributed by atoms with E-state index in [-0.39, 0.29) is 0 Å². The van der Waals surface area contributed by atoms with Crippen molar-refractivity contribution in [1.82, 2.24) is 30.4 Å². The number of carbonyl (C=O) groups is 2. The van der Waals surface area contributed by atoms with Crippen LogP contribution in [0.1, 0.15) is 31.7 Å². The molecule has 1 aromatic carbocycles. The molecule has 150 valence electrons. The first kappa shape index (κ1) is 19.9. The average Bonchev–Trinajstić information content (AvgIpc) is 3.21. The number of carbonyl (C=O) groups excluding carboxylic acids is 2. The molecule has 0 bridgehead atoms. The maximum Gasteiger partial charge on any atom is 0.313 e. The lowest BCUT2D eigenvalue weighted by Gasteiger charge is -2.30. The molecule has 3 rings (SSSR count). The first-order chi connectivity index (χ1) is 13.5. The second kappa shape index (κ2) is 9.41. The standard InChI is InChI=1S/C19H27N7O2/c1-14-5-3-9-25(12-14)10-4-8-20-18(27)19(28)22-16-7-6-15(2)17(11-16)26-13-21-23-24-26/h6-7,11,13-14H,3-5,8-10,12H2,1-2H3,(H,20,27)(H,22,28). The number of nitrogens with zero attached hydrogens (tertiary/aromatic N) is 5. The maximum atomic E-state index is 12.2. The third kappa shape index (κ3) is 5.35. The third-order valence-electron chi connectivity index (χ3n) is 4.95. The van der Waals surface area contributed by atoms with E-state index in [4.69, 9.17) is 0 Å². The van der Waals surface area contributed by atoms with Gasteiger partial charge in [-0.05, 0) is 73.3 Å². The minimum absolute atomic E-state index is 0.487. The normalized spacial score (nSPS) is 17.3. The first-order valence-electron chi connectivity index (χ1n) is 9.68. The molecule has 0 radical (unpaired) electrons. The van der Waals surface area contributed by atoms with E-state index in [1.807, 2.05) is 13.0 Å². The first-order valence-corrected chi connectivity index (χ1v) is 9.68. The average molecular weight is 385 g/mol. The van der Waals surface area contributed by atoms with E-state index in [9.17, 15) is 9.59 Å². The second-order valence-electron chi connectivity index (χ2n) is 7.37. The van der Waals surface area contributed by atoms with Crippen molar-refractivity contribution in [2.45, 2.75) is 33.1 Å². The van der Waals surface area contributed by atoms with Gasteiger partial charge in [0.25, 0.3) is 0 Å². The Hall–Kier alpha value is -2.81. The number of nitrogens with one attached hydrogen (secondary N) is 2. The van der Waals surface area contributed by atoms with E-state index >= 15 is 0 Å². The van der Waals surface area contributed by atoms with Crippen molar-refractivity contribution in [3.05, 3.63) is 30.1 Å². The Bertz CT molecular complexity index is 807. The summed E-state index contributed by atoms with van der Waals surface area (Å²) in [6.07, 6.45) is 4.84. The number of anilines is 1. The molecule has 2 N–H and O–H groups in total. The number of benzene rings is 1. The molecule has 2 aromatic rings. The lowest BCUT2D eigenvalue weighted by Crippen LogP contribution is -2.39. The lowest BCUT2D eigenvalue weighted by atomic mass is 10.0. The predicted molar refractivity (Wildman–Crippen MR) is 105 cm³/mol. The molecule has 0 aliphatic carbocycles. The van der Waals surface area contributed by atoms with Gasteiger partial charge in [-0.25, -0.2) is 4.68 Å². The van der Waals surface area contributed by atoms with E-state index in [0.717, 1.165) is 43.2 Å². The highest BCUT2D eigenvalue weighted by atomic mass is 16.2. The lowest BCUT2D eigenvalue weighted by molar-refractivity contribution is -0.136. The van der Waals surface area contributed by atoms with Gasteiger partial charge in [0.2, 0.25) is 0 Å². The molecular weight excluding hydrogens is 358 g/mol. The van der Waals surface area contributed by atoms with Crippen LogP contribution in [0.15, 0.2) is 24.5 Å². The monoisotopic (exact) mass is 385 g/mol. The summed E-state index contributed by atoms with van der Waals surface area (Å²) in [5, 5.41) is 16.4. The smallest absolute Gasteiger partial charge is 0.313 e. The van der Waals surface area contributed by atoms with Gasteiger partial charge in [0, 0.05) is 18.8 Å². The van der Waals surface area contributed by atoms with Crippen molar-refractivity contribution >= 4 is 17.5 Å². The van der Waals surface area contributed by atoms with Crippen LogP contribution in [0.2, 0.25) is 0 Å². The van der Waals surface area contributed by atoms with Gasteiger partial charge < -0.3 is 15.5 Å². The Balaban J connectivity index is 1.45. The number of hydrogen-bond donors (Lipinski definition) is 2. The SMILES string of the molecule is Cc1ccc(NC(=O)C(=O)NCCCN2CCCC(C)C2)cc1-n1cnnn1. The molecular formula is C19H27N7O2. The molecule has 1 fully saturated rings. The van der Waals surface area contributed by atoms with Gasteiger partial charge in [-0.15, -0.1) is 5.10 Å². The minimum atomic E-state index is -0.682. The Kier molecular flexibility index (Phi) is 6.70. The number of hydrogen-bond acceptors (Lipinski definition) is 6. The fourth-order valence-electron chi connectivity index (χ4n) is 3.47. The number of tetrazole rings is 1. The van der Waals surface area contributed by atoms with Gasteiger partial charge in [-0.3, -0.25) is 9.59 Å². The molecule has 0 saturated carbocycles. The fourth-order valence-corrected chi connectivity index (χ4v) is 3.47. The molecule has 1 unspecified atom stereocenters. The van der Waals surface area contributed by atoms with Crippen molar-refractivity contribution in [3.63, 3.8) is 0 Å². The maximum absolute atomic E-state index is 12.2. The molecule has 1 aliphatic rings. The van der Waals surface area contributed by atoms with E-state index in [1.54, 1.807) is 12.1 Å². The van der Waals surface area contributed by atoms with Crippen LogP contribution in [0.5, 0.6) is 0 Å². The topological polar surface area (TPSA) is 105 Å². The van der Waals surface area contributed by atoms with Crippen LogP contribution in [0.3, 0.4) is 0 Å². The molecule has 2 amide bonds. The molecule has 9 nitrogen and oxygen atoms in total. The molecule has 0 spiro atoms. The third-order valence-corrected chi connectivity index (χ3v) is 4.95. The number of aromatic nitrogens is 4. The van der Waals surface area contributed by atoms with Crippen LogP contribution in [-0.4, -0.2) is 63.1 Å². The Morgan fingerprint density at radius 3 is 2.89 bits per heavy atom. The van der Waals surface area contributed by atoms with Gasteiger partial charge in [-0.1, -0.05) is 13.0 Å². The molecule has 1 aliphatic heterocycles. The number of aryl methyl sites for hydroxylation is 1. The van der Waals surface area contributed by atoms with Gasteiger partial charge in [-0.2, -0.15) is 0 Å². The fraction of sp³-hybridized carbons (Fsp3) is 0.526. The predicted octanol–water partition coefficient (Wildman–Crippen LogP) is 1.15. The summed E-state index contributed by atoms with van der Waals surface area (Å²) < 4.78 is 1.51. The van der Waals surface area contributed by atoms with Crippen LogP contribution in [-0.2, 0) is 9.59 Å². The summed E-state index contributed by atoms with van der Waals surface area (Å²) in [6.45, 7) is 7.86. The number of amides is 2. The second-order valence-corrected chi connectivity index (χ2v) is 7.37. The zero-order chi connectivity index (χ0) is 19.9. The summed E-state index contributed by atoms with van der Waals surface area (Å²) in [4.78, 5) is 26.6.